The second-order valence-electron chi connectivity index (χ2n) is 8.94. The molecule has 0 radical (unpaired) electrons. The zero-order valence-corrected chi connectivity index (χ0v) is 19.1. The second-order valence-corrected chi connectivity index (χ2v) is 8.94. The SMILES string of the molecule is CC(C)n1cnc(Nc2nc(N(C(=O)[C@H]3C[C@@H](O)CN3)c3ccc(F)nc3)nc3c2CCC3)c1. The number of aliphatic hydroxyl groups is 1. The number of carbonyl (C=O) groups is 1. The van der Waals surface area contributed by atoms with Crippen LogP contribution in [0.25, 0.3) is 0 Å². The zero-order valence-electron chi connectivity index (χ0n) is 19.1. The van der Waals surface area contributed by atoms with Crippen LogP contribution in [0.4, 0.5) is 27.7 Å². The van der Waals surface area contributed by atoms with Gasteiger partial charge in [-0.1, -0.05) is 0 Å². The molecule has 1 fully saturated rings. The number of halogens is 1. The highest BCUT2D eigenvalue weighted by molar-refractivity contribution is 6.02. The van der Waals surface area contributed by atoms with Crippen molar-refractivity contribution in [3.05, 3.63) is 48.1 Å². The van der Waals surface area contributed by atoms with Crippen molar-refractivity contribution >= 4 is 29.2 Å². The van der Waals surface area contributed by atoms with E-state index < -0.39 is 18.1 Å². The quantitative estimate of drug-likeness (QED) is 0.474. The van der Waals surface area contributed by atoms with Crippen LogP contribution in [0.1, 0.15) is 44.0 Å². The molecule has 0 bridgehead atoms. The van der Waals surface area contributed by atoms with E-state index in [1.807, 2.05) is 10.8 Å². The Morgan fingerprint density at radius 2 is 2.15 bits per heavy atom. The molecule has 0 unspecified atom stereocenters. The van der Waals surface area contributed by atoms with Gasteiger partial charge in [0.2, 0.25) is 11.9 Å². The first kappa shape index (κ1) is 22.4. The van der Waals surface area contributed by atoms with Crippen LogP contribution in [0, 0.1) is 5.95 Å². The molecule has 5 rings (SSSR count). The van der Waals surface area contributed by atoms with Crippen LogP contribution in [0.2, 0.25) is 0 Å². The first-order valence-electron chi connectivity index (χ1n) is 11.5. The minimum absolute atomic E-state index is 0.174. The monoisotopic (exact) mass is 466 g/mol. The molecule has 10 nitrogen and oxygen atoms in total. The van der Waals surface area contributed by atoms with E-state index in [0.29, 0.717) is 23.9 Å². The molecule has 1 aliphatic carbocycles. The number of pyridine rings is 1. The molecule has 1 amide bonds. The number of imidazole rings is 1. The van der Waals surface area contributed by atoms with Crippen molar-refractivity contribution in [1.82, 2.24) is 29.8 Å². The van der Waals surface area contributed by atoms with E-state index in [1.54, 1.807) is 6.33 Å². The fraction of sp³-hybridized carbons (Fsp3) is 0.435. The molecule has 0 saturated carbocycles. The smallest absolute Gasteiger partial charge is 0.251 e. The summed E-state index contributed by atoms with van der Waals surface area (Å²) in [6.07, 6.45) is 7.13. The minimum atomic E-state index is -0.650. The van der Waals surface area contributed by atoms with E-state index in [0.717, 1.165) is 30.5 Å². The number of aryl methyl sites for hydroxylation is 1. The van der Waals surface area contributed by atoms with Gasteiger partial charge in [0.05, 0.1) is 36.1 Å². The number of carbonyl (C=O) groups excluding carboxylic acids is 1. The average Bonchev–Trinajstić information content (AvgIpc) is 3.56. The van der Waals surface area contributed by atoms with Gasteiger partial charge in [-0.25, -0.2) is 19.9 Å². The Labute approximate surface area is 196 Å². The van der Waals surface area contributed by atoms with Crippen LogP contribution in [0.15, 0.2) is 30.9 Å². The van der Waals surface area contributed by atoms with Crippen molar-refractivity contribution in [2.24, 2.45) is 0 Å². The van der Waals surface area contributed by atoms with Crippen LogP contribution in [-0.4, -0.2) is 54.2 Å². The summed E-state index contributed by atoms with van der Waals surface area (Å²) >= 11 is 0. The van der Waals surface area contributed by atoms with Crippen LogP contribution < -0.4 is 15.5 Å². The Morgan fingerprint density at radius 3 is 2.82 bits per heavy atom. The van der Waals surface area contributed by atoms with E-state index in [1.165, 1.54) is 23.2 Å². The topological polar surface area (TPSA) is 121 Å². The number of anilines is 4. The molecule has 3 aromatic heterocycles. The normalized spacial score (nSPS) is 19.4. The van der Waals surface area contributed by atoms with Crippen molar-refractivity contribution in [2.75, 3.05) is 16.8 Å². The van der Waals surface area contributed by atoms with E-state index in [2.05, 4.69) is 34.4 Å². The lowest BCUT2D eigenvalue weighted by Crippen LogP contribution is -2.42. The highest BCUT2D eigenvalue weighted by Crippen LogP contribution is 2.33. The number of nitrogens with one attached hydrogen (secondary N) is 2. The van der Waals surface area contributed by atoms with Crippen LogP contribution in [0.5, 0.6) is 0 Å². The van der Waals surface area contributed by atoms with Crippen molar-refractivity contribution in [2.45, 2.75) is 57.7 Å². The lowest BCUT2D eigenvalue weighted by molar-refractivity contribution is -0.119. The molecule has 0 spiro atoms. The number of fused-ring (bicyclic) bond motifs is 1. The predicted molar refractivity (Wildman–Crippen MR) is 124 cm³/mol. The van der Waals surface area contributed by atoms with Gasteiger partial charge in [-0.05, 0) is 51.7 Å². The first-order chi connectivity index (χ1) is 16.4. The van der Waals surface area contributed by atoms with Crippen LogP contribution >= 0.6 is 0 Å². The largest absolute Gasteiger partial charge is 0.392 e. The Bertz CT molecular complexity index is 1200. The summed E-state index contributed by atoms with van der Waals surface area (Å²) in [5.74, 6) is 0.433. The minimum Gasteiger partial charge on any atom is -0.392 e. The van der Waals surface area contributed by atoms with E-state index >= 15 is 0 Å². The van der Waals surface area contributed by atoms with Gasteiger partial charge in [-0.15, -0.1) is 0 Å². The maximum absolute atomic E-state index is 13.5. The lowest BCUT2D eigenvalue weighted by atomic mass is 10.1. The summed E-state index contributed by atoms with van der Waals surface area (Å²) in [5, 5.41) is 16.3. The summed E-state index contributed by atoms with van der Waals surface area (Å²) in [4.78, 5) is 32.5. The number of amides is 1. The molecule has 0 aromatic carbocycles. The molecule has 3 N–H and O–H groups in total. The van der Waals surface area contributed by atoms with E-state index in [9.17, 15) is 14.3 Å². The number of aromatic nitrogens is 5. The molecule has 3 aromatic rings. The highest BCUT2D eigenvalue weighted by atomic mass is 19.1. The number of aliphatic hydroxyl groups excluding tert-OH is 1. The first-order valence-corrected chi connectivity index (χ1v) is 11.5. The molecule has 1 aliphatic heterocycles. The van der Waals surface area contributed by atoms with Gasteiger partial charge >= 0.3 is 0 Å². The van der Waals surface area contributed by atoms with Gasteiger partial charge in [0.15, 0.2) is 0 Å². The molecule has 4 heterocycles. The third kappa shape index (κ3) is 4.36. The van der Waals surface area contributed by atoms with Crippen LogP contribution in [0.3, 0.4) is 0 Å². The number of hydrogen-bond acceptors (Lipinski definition) is 8. The van der Waals surface area contributed by atoms with Crippen LogP contribution in [-0.2, 0) is 17.6 Å². The second kappa shape index (κ2) is 9.07. The maximum atomic E-state index is 13.5. The number of hydrogen-bond donors (Lipinski definition) is 3. The third-order valence-electron chi connectivity index (χ3n) is 6.16. The maximum Gasteiger partial charge on any atom is 0.251 e. The Balaban J connectivity index is 1.55. The van der Waals surface area contributed by atoms with Crippen molar-refractivity contribution in [1.29, 1.82) is 0 Å². The standard InChI is InChI=1S/C23H27FN8O2/c1-13(2)31-11-20(27-12-31)29-21-16-4-3-5-17(16)28-23(30-21)32(14-6-7-19(24)26-9-14)22(34)18-8-15(33)10-25-18/h6-7,9,11-13,15,18,25,33H,3-5,8,10H2,1-2H3,(H,28,29,30)/t15-,18-/m1/s1. The molecule has 11 heteroatoms. The number of rotatable bonds is 6. The number of nitrogens with zero attached hydrogens (tertiary/aromatic N) is 6. The Morgan fingerprint density at radius 1 is 1.29 bits per heavy atom. The van der Waals surface area contributed by atoms with Gasteiger partial charge in [0, 0.05) is 24.3 Å². The average molecular weight is 467 g/mol. The van der Waals surface area contributed by atoms with Gasteiger partial charge < -0.3 is 20.3 Å². The Hall–Kier alpha value is -3.44. The molecule has 2 aliphatic rings. The fourth-order valence-electron chi connectivity index (χ4n) is 4.33. The summed E-state index contributed by atoms with van der Waals surface area (Å²) in [7, 11) is 0. The molecule has 2 atom stereocenters. The van der Waals surface area contributed by atoms with Gasteiger partial charge in [-0.3, -0.25) is 4.79 Å². The van der Waals surface area contributed by atoms with Crippen molar-refractivity contribution in [3.8, 4) is 0 Å². The molecule has 1 saturated heterocycles. The highest BCUT2D eigenvalue weighted by Gasteiger charge is 2.35. The zero-order chi connectivity index (χ0) is 23.8. The summed E-state index contributed by atoms with van der Waals surface area (Å²) in [6, 6.07) is 2.31. The fourth-order valence-corrected chi connectivity index (χ4v) is 4.33. The predicted octanol–water partition coefficient (Wildman–Crippen LogP) is 2.41. The lowest BCUT2D eigenvalue weighted by Gasteiger charge is -2.25. The van der Waals surface area contributed by atoms with Crippen molar-refractivity contribution < 1.29 is 14.3 Å². The summed E-state index contributed by atoms with van der Waals surface area (Å²) < 4.78 is 15.5. The van der Waals surface area contributed by atoms with Gasteiger partial charge in [0.1, 0.15) is 11.6 Å². The van der Waals surface area contributed by atoms with E-state index in [-0.39, 0.29) is 24.3 Å². The molecular formula is C23H27FN8O2. The van der Waals surface area contributed by atoms with Gasteiger partial charge in [-0.2, -0.15) is 9.37 Å². The van der Waals surface area contributed by atoms with E-state index in [4.69, 9.17) is 9.97 Å². The van der Waals surface area contributed by atoms with Gasteiger partial charge in [0.25, 0.3) is 5.91 Å². The van der Waals surface area contributed by atoms with Crippen molar-refractivity contribution in [3.63, 3.8) is 0 Å². The summed E-state index contributed by atoms with van der Waals surface area (Å²) in [6.45, 7) is 4.46. The molecule has 34 heavy (non-hydrogen) atoms. The molecular weight excluding hydrogens is 439 g/mol. The third-order valence-corrected chi connectivity index (χ3v) is 6.16. The summed E-state index contributed by atoms with van der Waals surface area (Å²) in [5.41, 5.74) is 2.22. The molecule has 178 valence electrons. The Kier molecular flexibility index (Phi) is 5.96. The number of β-amino-alcohol motifs (C(OH)–C–C–N with tert-alkyl or cyclic N) is 1.